The summed E-state index contributed by atoms with van der Waals surface area (Å²) in [7, 11) is 0. The van der Waals surface area contributed by atoms with Crippen molar-refractivity contribution in [2.75, 3.05) is 30.3 Å². The molecule has 1 atom stereocenters. The highest BCUT2D eigenvalue weighted by molar-refractivity contribution is 5.61. The second-order valence-corrected chi connectivity index (χ2v) is 6.61. The largest absolute Gasteiger partial charge is 0.488 e. The third kappa shape index (κ3) is 3.81. The molecular formula is C20H22N6O. The van der Waals surface area contributed by atoms with E-state index in [-0.39, 0.29) is 5.92 Å². The summed E-state index contributed by atoms with van der Waals surface area (Å²) in [6.45, 7) is 6.30. The summed E-state index contributed by atoms with van der Waals surface area (Å²) in [4.78, 5) is 17.4. The van der Waals surface area contributed by atoms with E-state index >= 15 is 0 Å². The molecule has 27 heavy (non-hydrogen) atoms. The smallest absolute Gasteiger partial charge is 0.169 e. The van der Waals surface area contributed by atoms with Gasteiger partial charge in [0.25, 0.3) is 0 Å². The Morgan fingerprint density at radius 1 is 1.19 bits per heavy atom. The third-order valence-electron chi connectivity index (χ3n) is 4.57. The van der Waals surface area contributed by atoms with Crippen molar-refractivity contribution in [2.24, 2.45) is 0 Å². The molecular weight excluding hydrogens is 340 g/mol. The number of hydrogen-bond donors (Lipinski definition) is 2. The van der Waals surface area contributed by atoms with Gasteiger partial charge in [0.05, 0.1) is 12.2 Å². The fourth-order valence-electron chi connectivity index (χ4n) is 3.05. The minimum Gasteiger partial charge on any atom is -0.488 e. The van der Waals surface area contributed by atoms with Crippen molar-refractivity contribution in [3.05, 3.63) is 54.2 Å². The van der Waals surface area contributed by atoms with Crippen LogP contribution in [0, 0.1) is 6.92 Å². The van der Waals surface area contributed by atoms with Gasteiger partial charge in [0, 0.05) is 47.7 Å². The van der Waals surface area contributed by atoms with Crippen molar-refractivity contribution >= 4 is 11.6 Å². The molecule has 0 aromatic carbocycles. The van der Waals surface area contributed by atoms with Gasteiger partial charge in [0.1, 0.15) is 18.8 Å². The van der Waals surface area contributed by atoms with Crippen molar-refractivity contribution in [2.45, 2.75) is 19.8 Å². The number of anilines is 2. The summed E-state index contributed by atoms with van der Waals surface area (Å²) < 4.78 is 5.83. The normalized spacial score (nSPS) is 13.9. The summed E-state index contributed by atoms with van der Waals surface area (Å²) in [5, 5.41) is 6.68. The van der Waals surface area contributed by atoms with E-state index < -0.39 is 0 Å². The molecule has 0 saturated heterocycles. The highest BCUT2D eigenvalue weighted by atomic mass is 16.5. The zero-order chi connectivity index (χ0) is 18.6. The summed E-state index contributed by atoms with van der Waals surface area (Å²) >= 11 is 0. The van der Waals surface area contributed by atoms with Crippen LogP contribution in [0.3, 0.4) is 0 Å². The van der Waals surface area contributed by atoms with Crippen LogP contribution >= 0.6 is 0 Å². The van der Waals surface area contributed by atoms with Gasteiger partial charge < -0.3 is 15.4 Å². The standard InChI is InChI=1S/C20H22N6O/c1-13(16-5-6-21-20-19(16)27-8-7-22-20)10-24-18-9-17(25-12-26-18)15-4-3-14(2)23-11-15/h3-6,9,11-13H,7-8,10H2,1-2H3,(H,21,22)(H,24,25,26). The van der Waals surface area contributed by atoms with E-state index in [4.69, 9.17) is 4.74 Å². The van der Waals surface area contributed by atoms with E-state index in [0.29, 0.717) is 6.61 Å². The fraction of sp³-hybridized carbons (Fsp3) is 0.300. The second-order valence-electron chi connectivity index (χ2n) is 6.61. The van der Waals surface area contributed by atoms with E-state index in [1.165, 1.54) is 0 Å². The Morgan fingerprint density at radius 3 is 2.96 bits per heavy atom. The molecule has 1 aliphatic rings. The Balaban J connectivity index is 1.48. The average Bonchev–Trinajstić information content (AvgIpc) is 2.72. The van der Waals surface area contributed by atoms with Gasteiger partial charge >= 0.3 is 0 Å². The van der Waals surface area contributed by atoms with Gasteiger partial charge in [-0.15, -0.1) is 0 Å². The lowest BCUT2D eigenvalue weighted by Gasteiger charge is -2.23. The van der Waals surface area contributed by atoms with E-state index in [1.54, 1.807) is 6.33 Å². The molecule has 138 valence electrons. The van der Waals surface area contributed by atoms with Crippen LogP contribution in [0.15, 0.2) is 43.0 Å². The molecule has 7 heteroatoms. The van der Waals surface area contributed by atoms with Gasteiger partial charge in [0.15, 0.2) is 11.6 Å². The average molecular weight is 362 g/mol. The molecule has 1 aliphatic heterocycles. The Morgan fingerprint density at radius 2 is 2.11 bits per heavy atom. The molecule has 4 rings (SSSR count). The van der Waals surface area contributed by atoms with Gasteiger partial charge in [-0.05, 0) is 25.1 Å². The minimum atomic E-state index is 0.237. The Kier molecular flexibility index (Phi) is 4.82. The van der Waals surface area contributed by atoms with Crippen molar-refractivity contribution in [1.29, 1.82) is 0 Å². The summed E-state index contributed by atoms with van der Waals surface area (Å²) in [5.41, 5.74) is 3.94. The lowest BCUT2D eigenvalue weighted by molar-refractivity contribution is 0.316. The molecule has 0 radical (unpaired) electrons. The monoisotopic (exact) mass is 362 g/mol. The Labute approximate surface area is 158 Å². The van der Waals surface area contributed by atoms with Gasteiger partial charge in [-0.3, -0.25) is 4.98 Å². The molecule has 3 aromatic heterocycles. The molecule has 2 N–H and O–H groups in total. The molecule has 0 fully saturated rings. The van der Waals surface area contributed by atoms with Gasteiger partial charge in [-0.1, -0.05) is 6.92 Å². The molecule has 0 amide bonds. The number of aromatic nitrogens is 4. The number of aryl methyl sites for hydroxylation is 1. The highest BCUT2D eigenvalue weighted by Gasteiger charge is 2.19. The zero-order valence-electron chi connectivity index (χ0n) is 15.4. The van der Waals surface area contributed by atoms with E-state index in [9.17, 15) is 0 Å². The van der Waals surface area contributed by atoms with Crippen molar-refractivity contribution < 1.29 is 4.74 Å². The van der Waals surface area contributed by atoms with Crippen LogP contribution in [0.1, 0.15) is 24.1 Å². The predicted octanol–water partition coefficient (Wildman–Crippen LogP) is 3.26. The zero-order valence-corrected chi connectivity index (χ0v) is 15.4. The number of hydrogen-bond acceptors (Lipinski definition) is 7. The predicted molar refractivity (Wildman–Crippen MR) is 105 cm³/mol. The number of nitrogens with one attached hydrogen (secondary N) is 2. The molecule has 0 spiro atoms. The first-order valence-electron chi connectivity index (χ1n) is 9.05. The first-order valence-corrected chi connectivity index (χ1v) is 9.05. The Hall–Kier alpha value is -3.22. The minimum absolute atomic E-state index is 0.237. The van der Waals surface area contributed by atoms with Gasteiger partial charge in [0.2, 0.25) is 0 Å². The van der Waals surface area contributed by atoms with Crippen LogP contribution in [0.4, 0.5) is 11.6 Å². The maximum absolute atomic E-state index is 5.83. The van der Waals surface area contributed by atoms with E-state index in [0.717, 1.165) is 53.0 Å². The van der Waals surface area contributed by atoms with Crippen molar-refractivity contribution in [3.8, 4) is 17.0 Å². The van der Waals surface area contributed by atoms with E-state index in [1.807, 2.05) is 43.6 Å². The number of rotatable bonds is 5. The van der Waals surface area contributed by atoms with Crippen LogP contribution in [0.2, 0.25) is 0 Å². The quantitative estimate of drug-likeness (QED) is 0.720. The number of nitrogens with zero attached hydrogens (tertiary/aromatic N) is 4. The summed E-state index contributed by atoms with van der Waals surface area (Å²) in [5.74, 6) is 2.70. The molecule has 3 aromatic rings. The van der Waals surface area contributed by atoms with Crippen LogP contribution < -0.4 is 15.4 Å². The van der Waals surface area contributed by atoms with Crippen LogP contribution in [-0.2, 0) is 0 Å². The first-order chi connectivity index (χ1) is 13.2. The fourth-order valence-corrected chi connectivity index (χ4v) is 3.05. The van der Waals surface area contributed by atoms with Gasteiger partial charge in [-0.25, -0.2) is 15.0 Å². The molecule has 0 bridgehead atoms. The first kappa shape index (κ1) is 17.2. The van der Waals surface area contributed by atoms with Gasteiger partial charge in [-0.2, -0.15) is 0 Å². The van der Waals surface area contributed by atoms with Crippen LogP contribution in [0.5, 0.6) is 5.75 Å². The lowest BCUT2D eigenvalue weighted by Crippen LogP contribution is -2.21. The maximum Gasteiger partial charge on any atom is 0.169 e. The highest BCUT2D eigenvalue weighted by Crippen LogP contribution is 2.34. The number of pyridine rings is 2. The molecule has 0 saturated carbocycles. The molecule has 7 nitrogen and oxygen atoms in total. The Bertz CT molecular complexity index is 928. The van der Waals surface area contributed by atoms with Crippen LogP contribution in [-0.4, -0.2) is 39.6 Å². The van der Waals surface area contributed by atoms with E-state index in [2.05, 4.69) is 37.5 Å². The topological polar surface area (TPSA) is 84.9 Å². The molecule has 4 heterocycles. The summed E-state index contributed by atoms with van der Waals surface area (Å²) in [6, 6.07) is 7.96. The van der Waals surface area contributed by atoms with Crippen molar-refractivity contribution in [3.63, 3.8) is 0 Å². The maximum atomic E-state index is 5.83. The second kappa shape index (κ2) is 7.57. The summed E-state index contributed by atoms with van der Waals surface area (Å²) in [6.07, 6.45) is 5.22. The SMILES string of the molecule is Cc1ccc(-c2cc(NCC(C)c3ccnc4c3OCCN4)ncn2)cn1. The molecule has 0 aliphatic carbocycles. The molecule has 1 unspecified atom stereocenters. The van der Waals surface area contributed by atoms with Crippen molar-refractivity contribution in [1.82, 2.24) is 19.9 Å². The number of ether oxygens (including phenoxy) is 1. The lowest BCUT2D eigenvalue weighted by atomic mass is 10.0. The van der Waals surface area contributed by atoms with Crippen LogP contribution in [0.25, 0.3) is 11.3 Å². The third-order valence-corrected chi connectivity index (χ3v) is 4.57. The number of fused-ring (bicyclic) bond motifs is 1.